The van der Waals surface area contributed by atoms with Gasteiger partial charge in [0.25, 0.3) is 0 Å². The van der Waals surface area contributed by atoms with Gasteiger partial charge in [-0.3, -0.25) is 28.8 Å². The Hall–Kier alpha value is -5.18. The summed E-state index contributed by atoms with van der Waals surface area (Å²) in [4.78, 5) is 98.7. The van der Waals surface area contributed by atoms with Crippen molar-refractivity contribution in [3.63, 3.8) is 0 Å². The molecule has 2 rings (SSSR count). The van der Waals surface area contributed by atoms with Crippen molar-refractivity contribution in [1.82, 2.24) is 21.3 Å². The molecule has 0 bridgehead atoms. The van der Waals surface area contributed by atoms with E-state index in [1.807, 2.05) is 0 Å². The Morgan fingerprint density at radius 3 is 1.14 bits per heavy atom. The van der Waals surface area contributed by atoms with Crippen LogP contribution < -0.4 is 32.7 Å². The van der Waals surface area contributed by atoms with Gasteiger partial charge in [0, 0.05) is 37.2 Å². The van der Waals surface area contributed by atoms with E-state index in [2.05, 4.69) is 21.3 Å². The van der Waals surface area contributed by atoms with Crippen LogP contribution in [0.1, 0.15) is 49.7 Å². The summed E-state index contributed by atoms with van der Waals surface area (Å²) in [5.41, 5.74) is 12.3. The van der Waals surface area contributed by atoms with E-state index in [0.717, 1.165) is 21.6 Å². The van der Waals surface area contributed by atoms with Crippen molar-refractivity contribution in [3.05, 3.63) is 71.8 Å². The summed E-state index contributed by atoms with van der Waals surface area (Å²) >= 11 is 0. The van der Waals surface area contributed by atoms with E-state index >= 15 is 0 Å². The van der Waals surface area contributed by atoms with Crippen molar-refractivity contribution >= 4 is 69.1 Å². The van der Waals surface area contributed by atoms with Gasteiger partial charge in [0.15, 0.2) is 0 Å². The summed E-state index contributed by atoms with van der Waals surface area (Å²) in [6, 6.07) is 9.36. The number of hydrogen-bond acceptors (Lipinski definition) is 12. The number of amides is 4. The summed E-state index contributed by atoms with van der Waals surface area (Å²) in [5, 5.41) is 47.7. The molecule has 0 fully saturated rings. The van der Waals surface area contributed by atoms with Crippen molar-refractivity contribution < 1.29 is 58.8 Å². The Morgan fingerprint density at radius 2 is 0.839 bits per heavy atom. The number of carboxylic acid groups (broad SMARTS) is 4. The molecule has 4 amide bonds. The normalized spacial score (nSPS) is 14.1. The molecule has 12 N–H and O–H groups in total. The Balaban J connectivity index is 2.18. The summed E-state index contributed by atoms with van der Waals surface area (Å²) in [5.74, 6) is -8.36. The molecule has 0 spiro atoms. The van der Waals surface area contributed by atoms with E-state index in [4.69, 9.17) is 21.7 Å². The first-order valence-electron chi connectivity index (χ1n) is 17.5. The highest BCUT2D eigenvalue weighted by atomic mass is 33.1. The van der Waals surface area contributed by atoms with E-state index in [-0.39, 0.29) is 62.9 Å². The topological polar surface area (TPSA) is 318 Å². The maximum atomic E-state index is 13.4. The molecule has 56 heavy (non-hydrogen) atoms. The number of hydrogen-bond donors (Lipinski definition) is 10. The van der Waals surface area contributed by atoms with Gasteiger partial charge >= 0.3 is 23.9 Å². The maximum absolute atomic E-state index is 13.4. The average molecular weight is 821 g/mol. The van der Waals surface area contributed by atoms with Gasteiger partial charge < -0.3 is 53.2 Å². The minimum Gasteiger partial charge on any atom is -0.480 e. The zero-order valence-electron chi connectivity index (χ0n) is 30.3. The van der Waals surface area contributed by atoms with Crippen molar-refractivity contribution in [1.29, 1.82) is 0 Å². The Morgan fingerprint density at radius 1 is 0.500 bits per heavy atom. The van der Waals surface area contributed by atoms with E-state index in [9.17, 15) is 48.6 Å². The molecular weight excluding hydrogens is 773 g/mol. The summed E-state index contributed by atoms with van der Waals surface area (Å²) in [6.45, 7) is 0. The standard InChI is InChI=1S/C36H48N6O12S2/c37-23(33(47)48)13-7-15-29(43)39-27(31(45)41-25(35(51)52)17-21-9-3-1-4-10-21)19-55-56-20-28(40-30(44)16-8-14-24(38)34(49)50)32(46)42-26(36(53)54)18-22-11-5-2-6-12-22/h1-6,9-12,23-28H,7-8,13-20,37-38H2,(H,39,43)(H,40,44)(H,41,45)(H,42,46)(H,47,48)(H,49,50)(H,51,52)(H,53,54)/t23-,24-,25+,26+,27?,28?/m0/s1. The molecule has 2 aromatic carbocycles. The highest BCUT2D eigenvalue weighted by Crippen LogP contribution is 2.24. The van der Waals surface area contributed by atoms with Crippen molar-refractivity contribution in [3.8, 4) is 0 Å². The van der Waals surface area contributed by atoms with Crippen LogP contribution in [0.15, 0.2) is 60.7 Å². The predicted molar refractivity (Wildman–Crippen MR) is 207 cm³/mol. The SMILES string of the molecule is N[C@@H](CCCC(=O)NC(CSSCC(NC(=O)CCC[C@H](N)C(=O)O)C(=O)N[C@H](Cc1ccccc1)C(=O)O)C(=O)N[C@H](Cc1ccccc1)C(=O)O)C(=O)O. The molecule has 0 heterocycles. The molecule has 0 aromatic heterocycles. The second-order valence-corrected chi connectivity index (χ2v) is 15.2. The first-order chi connectivity index (χ1) is 26.6. The third-order valence-corrected chi connectivity index (χ3v) is 10.5. The Bertz CT molecular complexity index is 1520. The lowest BCUT2D eigenvalue weighted by molar-refractivity contribution is -0.142. The lowest BCUT2D eigenvalue weighted by Gasteiger charge is -2.23. The van der Waals surface area contributed by atoms with E-state index in [0.29, 0.717) is 11.1 Å². The van der Waals surface area contributed by atoms with Gasteiger partial charge in [-0.2, -0.15) is 0 Å². The fraction of sp³-hybridized carbons (Fsp3) is 0.444. The van der Waals surface area contributed by atoms with E-state index in [1.54, 1.807) is 60.7 Å². The van der Waals surface area contributed by atoms with Crippen LogP contribution in [0.2, 0.25) is 0 Å². The third kappa shape index (κ3) is 18.4. The van der Waals surface area contributed by atoms with Crippen LogP contribution in [0.4, 0.5) is 0 Å². The maximum Gasteiger partial charge on any atom is 0.326 e. The van der Waals surface area contributed by atoms with Crippen LogP contribution in [-0.2, 0) is 51.2 Å². The predicted octanol–water partition coefficient (Wildman–Crippen LogP) is 0.126. The monoisotopic (exact) mass is 820 g/mol. The van der Waals surface area contributed by atoms with Crippen LogP contribution in [0.5, 0.6) is 0 Å². The summed E-state index contributed by atoms with van der Waals surface area (Å²) < 4.78 is 0. The Labute approximate surface area is 330 Å². The fourth-order valence-electron chi connectivity index (χ4n) is 4.99. The second kappa shape index (κ2) is 25.1. The quantitative estimate of drug-likeness (QED) is 0.0423. The number of rotatable bonds is 27. The van der Waals surface area contributed by atoms with Gasteiger partial charge in [-0.15, -0.1) is 0 Å². The van der Waals surface area contributed by atoms with Crippen LogP contribution in [0.25, 0.3) is 0 Å². The molecule has 0 aliphatic heterocycles. The smallest absolute Gasteiger partial charge is 0.326 e. The molecule has 6 atom stereocenters. The van der Waals surface area contributed by atoms with Gasteiger partial charge in [-0.05, 0) is 36.8 Å². The van der Waals surface area contributed by atoms with E-state index in [1.165, 1.54) is 0 Å². The Kier molecular flexibility index (Phi) is 21.0. The highest BCUT2D eigenvalue weighted by Gasteiger charge is 2.30. The molecule has 2 unspecified atom stereocenters. The lowest BCUT2D eigenvalue weighted by Crippen LogP contribution is -2.53. The van der Waals surface area contributed by atoms with Gasteiger partial charge in [-0.1, -0.05) is 82.3 Å². The van der Waals surface area contributed by atoms with E-state index < -0.39 is 83.8 Å². The van der Waals surface area contributed by atoms with Crippen LogP contribution in [0.3, 0.4) is 0 Å². The molecule has 20 heteroatoms. The molecule has 18 nitrogen and oxygen atoms in total. The van der Waals surface area contributed by atoms with Crippen LogP contribution >= 0.6 is 21.6 Å². The van der Waals surface area contributed by atoms with Crippen molar-refractivity contribution in [2.24, 2.45) is 11.5 Å². The van der Waals surface area contributed by atoms with Gasteiger partial charge in [-0.25, -0.2) is 9.59 Å². The number of carboxylic acids is 4. The van der Waals surface area contributed by atoms with Crippen LogP contribution in [0, 0.1) is 0 Å². The molecule has 0 saturated heterocycles. The number of carbonyl (C=O) groups excluding carboxylic acids is 4. The average Bonchev–Trinajstić information content (AvgIpc) is 3.15. The fourth-order valence-corrected chi connectivity index (χ4v) is 7.32. The van der Waals surface area contributed by atoms with Crippen LogP contribution in [-0.4, -0.2) is 116 Å². The number of benzene rings is 2. The van der Waals surface area contributed by atoms with Gasteiger partial charge in [0.2, 0.25) is 23.6 Å². The van der Waals surface area contributed by atoms with Crippen molar-refractivity contribution in [2.45, 2.75) is 87.6 Å². The number of aliphatic carboxylic acids is 4. The van der Waals surface area contributed by atoms with Gasteiger partial charge in [0.1, 0.15) is 36.3 Å². The molecule has 0 radical (unpaired) electrons. The summed E-state index contributed by atoms with van der Waals surface area (Å²) in [7, 11) is 1.99. The minimum atomic E-state index is -1.36. The molecule has 0 aliphatic rings. The molecule has 306 valence electrons. The first kappa shape index (κ1) is 47.0. The largest absolute Gasteiger partial charge is 0.480 e. The summed E-state index contributed by atoms with van der Waals surface area (Å²) in [6.07, 6.45) is -0.350. The molecular formula is C36H48N6O12S2. The van der Waals surface area contributed by atoms with Gasteiger partial charge in [0.05, 0.1) is 0 Å². The minimum absolute atomic E-state index is 0.0159. The molecule has 2 aromatic rings. The zero-order valence-corrected chi connectivity index (χ0v) is 32.0. The molecule has 0 aliphatic carbocycles. The highest BCUT2D eigenvalue weighted by molar-refractivity contribution is 8.76. The zero-order chi connectivity index (χ0) is 41.6. The molecule has 0 saturated carbocycles. The lowest BCUT2D eigenvalue weighted by atomic mass is 10.1. The number of nitrogens with one attached hydrogen (secondary N) is 4. The van der Waals surface area contributed by atoms with Crippen molar-refractivity contribution in [2.75, 3.05) is 11.5 Å². The number of carbonyl (C=O) groups is 8. The first-order valence-corrected chi connectivity index (χ1v) is 20.0. The number of nitrogens with two attached hydrogens (primary N) is 2. The second-order valence-electron chi connectivity index (χ2n) is 12.7. The third-order valence-electron chi connectivity index (χ3n) is 8.12.